The lowest BCUT2D eigenvalue weighted by Gasteiger charge is -2.05. The SMILES string of the molecule is NCCCCCC(N)CO. The largest absolute Gasteiger partial charge is 0.395 e. The molecule has 0 aliphatic carbocycles. The lowest BCUT2D eigenvalue weighted by Crippen LogP contribution is -2.23. The molecule has 0 amide bonds. The Bertz CT molecular complexity index is 68.6. The van der Waals surface area contributed by atoms with Gasteiger partial charge in [0.1, 0.15) is 0 Å². The number of hydrogen-bond acceptors (Lipinski definition) is 3. The molecule has 0 rings (SSSR count). The molecule has 3 nitrogen and oxygen atoms in total. The summed E-state index contributed by atoms with van der Waals surface area (Å²) in [7, 11) is 0. The highest BCUT2D eigenvalue weighted by Crippen LogP contribution is 2.00. The molecule has 62 valence electrons. The van der Waals surface area contributed by atoms with E-state index in [1.54, 1.807) is 0 Å². The summed E-state index contributed by atoms with van der Waals surface area (Å²) in [5.41, 5.74) is 10.8. The Kier molecular flexibility index (Phi) is 6.91. The van der Waals surface area contributed by atoms with E-state index in [1.807, 2.05) is 0 Å². The molecule has 0 fully saturated rings. The lowest BCUT2D eigenvalue weighted by atomic mass is 10.1. The topological polar surface area (TPSA) is 72.3 Å². The van der Waals surface area contributed by atoms with Crippen LogP contribution in [0.3, 0.4) is 0 Å². The summed E-state index contributed by atoms with van der Waals surface area (Å²) in [6, 6.07) is -0.0298. The van der Waals surface area contributed by atoms with Crippen molar-refractivity contribution in [2.45, 2.75) is 31.7 Å². The molecule has 5 N–H and O–H groups in total. The first kappa shape index (κ1) is 9.88. The first-order valence-corrected chi connectivity index (χ1v) is 3.87. The predicted octanol–water partition coefficient (Wildman–Crippen LogP) is -0.175. The molecule has 0 radical (unpaired) electrons. The van der Waals surface area contributed by atoms with Crippen LogP contribution in [-0.4, -0.2) is 24.3 Å². The second kappa shape index (κ2) is 6.99. The first-order valence-electron chi connectivity index (χ1n) is 3.87. The molecule has 1 unspecified atom stereocenters. The average Bonchev–Trinajstić information content (AvgIpc) is 1.98. The smallest absolute Gasteiger partial charge is 0.0582 e. The number of unbranched alkanes of at least 4 members (excludes halogenated alkanes) is 2. The number of nitrogens with two attached hydrogens (primary N) is 2. The van der Waals surface area contributed by atoms with Crippen molar-refractivity contribution in [3.8, 4) is 0 Å². The fraction of sp³-hybridized carbons (Fsp3) is 1.00. The van der Waals surface area contributed by atoms with Crippen LogP contribution in [-0.2, 0) is 0 Å². The van der Waals surface area contributed by atoms with Gasteiger partial charge in [-0.25, -0.2) is 0 Å². The summed E-state index contributed by atoms with van der Waals surface area (Å²) >= 11 is 0. The van der Waals surface area contributed by atoms with E-state index in [0.29, 0.717) is 0 Å². The van der Waals surface area contributed by atoms with Crippen LogP contribution < -0.4 is 11.5 Å². The van der Waals surface area contributed by atoms with Crippen molar-refractivity contribution in [3.05, 3.63) is 0 Å². The Morgan fingerprint density at radius 3 is 2.40 bits per heavy atom. The Morgan fingerprint density at radius 2 is 1.90 bits per heavy atom. The van der Waals surface area contributed by atoms with Crippen LogP contribution in [0.5, 0.6) is 0 Å². The van der Waals surface area contributed by atoms with Gasteiger partial charge in [-0.05, 0) is 19.4 Å². The van der Waals surface area contributed by atoms with E-state index in [0.717, 1.165) is 32.2 Å². The Labute approximate surface area is 62.4 Å². The fourth-order valence-corrected chi connectivity index (χ4v) is 0.819. The van der Waals surface area contributed by atoms with Gasteiger partial charge in [-0.3, -0.25) is 0 Å². The molecule has 0 heterocycles. The van der Waals surface area contributed by atoms with Gasteiger partial charge in [0.2, 0.25) is 0 Å². The second-order valence-electron chi connectivity index (χ2n) is 2.58. The van der Waals surface area contributed by atoms with Crippen LogP contribution in [0.2, 0.25) is 0 Å². The molecule has 10 heavy (non-hydrogen) atoms. The summed E-state index contributed by atoms with van der Waals surface area (Å²) in [4.78, 5) is 0. The highest BCUT2D eigenvalue weighted by Gasteiger charge is 1.97. The van der Waals surface area contributed by atoms with E-state index in [-0.39, 0.29) is 12.6 Å². The van der Waals surface area contributed by atoms with Crippen molar-refractivity contribution in [1.29, 1.82) is 0 Å². The van der Waals surface area contributed by atoms with Crippen LogP contribution in [0.1, 0.15) is 25.7 Å². The standard InChI is InChI=1S/C7H18N2O/c8-5-3-1-2-4-7(9)6-10/h7,10H,1-6,8-9H2. The van der Waals surface area contributed by atoms with Crippen LogP contribution in [0.4, 0.5) is 0 Å². The van der Waals surface area contributed by atoms with Crippen LogP contribution >= 0.6 is 0 Å². The minimum Gasteiger partial charge on any atom is -0.395 e. The van der Waals surface area contributed by atoms with E-state index >= 15 is 0 Å². The number of aliphatic hydroxyl groups excluding tert-OH is 1. The number of aliphatic hydroxyl groups is 1. The Balaban J connectivity index is 2.89. The van der Waals surface area contributed by atoms with Crippen LogP contribution in [0.25, 0.3) is 0 Å². The van der Waals surface area contributed by atoms with Crippen molar-refractivity contribution in [2.75, 3.05) is 13.2 Å². The third-order valence-corrected chi connectivity index (χ3v) is 1.51. The fourth-order valence-electron chi connectivity index (χ4n) is 0.819. The molecule has 0 saturated carbocycles. The normalized spacial score (nSPS) is 13.5. The second-order valence-corrected chi connectivity index (χ2v) is 2.58. The van der Waals surface area contributed by atoms with Gasteiger partial charge in [-0.15, -0.1) is 0 Å². The zero-order chi connectivity index (χ0) is 7.82. The van der Waals surface area contributed by atoms with Crippen molar-refractivity contribution in [3.63, 3.8) is 0 Å². The first-order chi connectivity index (χ1) is 4.81. The van der Waals surface area contributed by atoms with Gasteiger partial charge in [0, 0.05) is 6.04 Å². The summed E-state index contributed by atoms with van der Waals surface area (Å²) in [5.74, 6) is 0. The van der Waals surface area contributed by atoms with Crippen molar-refractivity contribution in [1.82, 2.24) is 0 Å². The van der Waals surface area contributed by atoms with Gasteiger partial charge in [-0.2, -0.15) is 0 Å². The van der Waals surface area contributed by atoms with Gasteiger partial charge in [-0.1, -0.05) is 12.8 Å². The lowest BCUT2D eigenvalue weighted by molar-refractivity contribution is 0.257. The maximum atomic E-state index is 8.54. The summed E-state index contributed by atoms with van der Waals surface area (Å²) in [6.45, 7) is 0.858. The third-order valence-electron chi connectivity index (χ3n) is 1.51. The highest BCUT2D eigenvalue weighted by atomic mass is 16.3. The molecule has 0 saturated heterocycles. The Morgan fingerprint density at radius 1 is 1.20 bits per heavy atom. The van der Waals surface area contributed by atoms with Crippen molar-refractivity contribution < 1.29 is 5.11 Å². The maximum absolute atomic E-state index is 8.54. The average molecular weight is 146 g/mol. The molecular formula is C7H18N2O. The molecule has 3 heteroatoms. The van der Waals surface area contributed by atoms with Gasteiger partial charge in [0.05, 0.1) is 6.61 Å². The minimum atomic E-state index is -0.0298. The van der Waals surface area contributed by atoms with Gasteiger partial charge < -0.3 is 16.6 Å². The van der Waals surface area contributed by atoms with Crippen molar-refractivity contribution in [2.24, 2.45) is 11.5 Å². The van der Waals surface area contributed by atoms with Gasteiger partial charge in [0.25, 0.3) is 0 Å². The van der Waals surface area contributed by atoms with E-state index in [1.165, 1.54) is 0 Å². The van der Waals surface area contributed by atoms with E-state index in [4.69, 9.17) is 16.6 Å². The summed E-state index contributed by atoms with van der Waals surface area (Å²) < 4.78 is 0. The van der Waals surface area contributed by atoms with Crippen LogP contribution in [0.15, 0.2) is 0 Å². The third kappa shape index (κ3) is 6.01. The Hall–Kier alpha value is -0.120. The molecule has 0 bridgehead atoms. The molecule has 0 aromatic heterocycles. The zero-order valence-corrected chi connectivity index (χ0v) is 6.42. The molecule has 0 spiro atoms. The number of rotatable bonds is 6. The minimum absolute atomic E-state index is 0.0298. The predicted molar refractivity (Wildman–Crippen MR) is 42.6 cm³/mol. The number of hydrogen-bond donors (Lipinski definition) is 3. The zero-order valence-electron chi connectivity index (χ0n) is 6.42. The molecule has 0 aliphatic rings. The van der Waals surface area contributed by atoms with E-state index in [9.17, 15) is 0 Å². The molecular weight excluding hydrogens is 128 g/mol. The molecule has 0 aliphatic heterocycles. The quantitative estimate of drug-likeness (QED) is 0.455. The summed E-state index contributed by atoms with van der Waals surface area (Å²) in [5, 5.41) is 8.54. The molecule has 0 aromatic rings. The maximum Gasteiger partial charge on any atom is 0.0582 e. The van der Waals surface area contributed by atoms with Crippen LogP contribution in [0, 0.1) is 0 Å². The van der Waals surface area contributed by atoms with E-state index < -0.39 is 0 Å². The van der Waals surface area contributed by atoms with Gasteiger partial charge in [0.15, 0.2) is 0 Å². The van der Waals surface area contributed by atoms with Crippen molar-refractivity contribution >= 4 is 0 Å². The van der Waals surface area contributed by atoms with Gasteiger partial charge >= 0.3 is 0 Å². The monoisotopic (exact) mass is 146 g/mol. The van der Waals surface area contributed by atoms with E-state index in [2.05, 4.69) is 0 Å². The molecule has 0 aromatic carbocycles. The molecule has 1 atom stereocenters. The highest BCUT2D eigenvalue weighted by molar-refractivity contribution is 4.58. The summed E-state index contributed by atoms with van der Waals surface area (Å²) in [6.07, 6.45) is 4.19.